The first-order valence-corrected chi connectivity index (χ1v) is 6.69. The van der Waals surface area contributed by atoms with Crippen LogP contribution < -0.4 is 10.1 Å². The van der Waals surface area contributed by atoms with Crippen molar-refractivity contribution in [2.24, 2.45) is 0 Å². The Labute approximate surface area is 122 Å². The molecule has 1 N–H and O–H groups in total. The molecule has 0 aliphatic carbocycles. The summed E-state index contributed by atoms with van der Waals surface area (Å²) >= 11 is 0. The van der Waals surface area contributed by atoms with Crippen LogP contribution in [0.25, 0.3) is 0 Å². The molecule has 2 aromatic rings. The van der Waals surface area contributed by atoms with E-state index < -0.39 is 11.6 Å². The first-order valence-electron chi connectivity index (χ1n) is 6.69. The van der Waals surface area contributed by atoms with Crippen LogP contribution in [0.2, 0.25) is 0 Å². The van der Waals surface area contributed by atoms with Gasteiger partial charge in [-0.2, -0.15) is 5.10 Å². The summed E-state index contributed by atoms with van der Waals surface area (Å²) in [6.45, 7) is 2.61. The van der Waals surface area contributed by atoms with Crippen molar-refractivity contribution in [1.29, 1.82) is 0 Å². The predicted octanol–water partition coefficient (Wildman–Crippen LogP) is 2.66. The molecule has 1 heterocycles. The van der Waals surface area contributed by atoms with Crippen molar-refractivity contribution < 1.29 is 13.5 Å². The predicted molar refractivity (Wildman–Crippen MR) is 75.1 cm³/mol. The number of aromatic nitrogens is 2. The van der Waals surface area contributed by atoms with Crippen LogP contribution in [0.3, 0.4) is 0 Å². The van der Waals surface area contributed by atoms with E-state index in [2.05, 4.69) is 15.5 Å². The quantitative estimate of drug-likeness (QED) is 0.889. The van der Waals surface area contributed by atoms with Gasteiger partial charge >= 0.3 is 0 Å². The van der Waals surface area contributed by atoms with E-state index in [1.807, 2.05) is 6.92 Å². The molecule has 0 fully saturated rings. The van der Waals surface area contributed by atoms with Gasteiger partial charge in [-0.25, -0.2) is 8.78 Å². The summed E-state index contributed by atoms with van der Waals surface area (Å²) in [7, 11) is 1.51. The van der Waals surface area contributed by atoms with Crippen LogP contribution >= 0.6 is 0 Å². The van der Waals surface area contributed by atoms with E-state index in [0.717, 1.165) is 12.1 Å². The first-order chi connectivity index (χ1) is 10.1. The Morgan fingerprint density at radius 1 is 1.19 bits per heavy atom. The molecule has 0 spiro atoms. The standard InChI is InChI=1S/C15H17F2N3O/c1-3-18-14(13-6-7-15(21-2)20-19-13)9-10-8-11(16)4-5-12(10)17/h4-8,14,18H,3,9H2,1-2H3. The average Bonchev–Trinajstić information content (AvgIpc) is 2.50. The fourth-order valence-corrected chi connectivity index (χ4v) is 2.07. The molecule has 6 heteroatoms. The summed E-state index contributed by atoms with van der Waals surface area (Å²) in [4.78, 5) is 0. The van der Waals surface area contributed by atoms with Gasteiger partial charge in [-0.15, -0.1) is 5.10 Å². The normalized spacial score (nSPS) is 12.2. The van der Waals surface area contributed by atoms with E-state index in [0.29, 0.717) is 30.1 Å². The number of methoxy groups -OCH3 is 1. The number of likely N-dealkylation sites (N-methyl/N-ethyl adjacent to an activating group) is 1. The average molecular weight is 293 g/mol. The Hall–Kier alpha value is -2.08. The maximum absolute atomic E-state index is 13.8. The molecule has 112 valence electrons. The van der Waals surface area contributed by atoms with Crippen molar-refractivity contribution in [3.05, 3.63) is 53.2 Å². The van der Waals surface area contributed by atoms with Gasteiger partial charge in [0.05, 0.1) is 18.8 Å². The first kappa shape index (κ1) is 15.3. The summed E-state index contributed by atoms with van der Waals surface area (Å²) in [6, 6.07) is 6.65. The van der Waals surface area contributed by atoms with Gasteiger partial charge in [0.1, 0.15) is 11.6 Å². The zero-order chi connectivity index (χ0) is 15.2. The maximum Gasteiger partial charge on any atom is 0.233 e. The zero-order valence-electron chi connectivity index (χ0n) is 11.9. The fraction of sp³-hybridized carbons (Fsp3) is 0.333. The smallest absolute Gasteiger partial charge is 0.233 e. The maximum atomic E-state index is 13.8. The number of hydrogen-bond acceptors (Lipinski definition) is 4. The molecular weight excluding hydrogens is 276 g/mol. The minimum Gasteiger partial charge on any atom is -0.480 e. The molecular formula is C15H17F2N3O. The highest BCUT2D eigenvalue weighted by molar-refractivity contribution is 5.22. The number of rotatable bonds is 6. The Balaban J connectivity index is 2.23. The molecule has 0 bridgehead atoms. The van der Waals surface area contributed by atoms with Gasteiger partial charge < -0.3 is 10.1 Å². The third-order valence-corrected chi connectivity index (χ3v) is 3.11. The van der Waals surface area contributed by atoms with E-state index in [1.54, 1.807) is 12.1 Å². The van der Waals surface area contributed by atoms with Crippen molar-refractivity contribution in [3.8, 4) is 5.88 Å². The molecule has 1 unspecified atom stereocenters. The van der Waals surface area contributed by atoms with Gasteiger partial charge in [-0.1, -0.05) is 6.92 Å². The van der Waals surface area contributed by atoms with Crippen molar-refractivity contribution in [2.45, 2.75) is 19.4 Å². The van der Waals surface area contributed by atoms with Crippen LogP contribution in [-0.2, 0) is 6.42 Å². The summed E-state index contributed by atoms with van der Waals surface area (Å²) in [6.07, 6.45) is 0.290. The Kier molecular flexibility index (Phi) is 5.16. The molecule has 0 aliphatic heterocycles. The topological polar surface area (TPSA) is 47.0 Å². The number of nitrogens with one attached hydrogen (secondary N) is 1. The molecule has 0 radical (unpaired) electrons. The van der Waals surface area contributed by atoms with Gasteiger partial charge in [-0.05, 0) is 42.8 Å². The molecule has 21 heavy (non-hydrogen) atoms. The highest BCUT2D eigenvalue weighted by atomic mass is 19.1. The SMILES string of the molecule is CCNC(Cc1cc(F)ccc1F)c1ccc(OC)nn1. The van der Waals surface area contributed by atoms with Gasteiger partial charge in [-0.3, -0.25) is 0 Å². The molecule has 1 aromatic heterocycles. The number of ether oxygens (including phenoxy) is 1. The number of hydrogen-bond donors (Lipinski definition) is 1. The van der Waals surface area contributed by atoms with Crippen LogP contribution in [0.4, 0.5) is 8.78 Å². The second-order valence-corrected chi connectivity index (χ2v) is 4.55. The summed E-state index contributed by atoms with van der Waals surface area (Å²) in [5.74, 6) is -0.478. The summed E-state index contributed by atoms with van der Waals surface area (Å²) in [5.41, 5.74) is 0.958. The number of halogens is 2. The lowest BCUT2D eigenvalue weighted by Gasteiger charge is -2.17. The Morgan fingerprint density at radius 3 is 2.62 bits per heavy atom. The molecule has 0 amide bonds. The lowest BCUT2D eigenvalue weighted by Crippen LogP contribution is -2.24. The van der Waals surface area contributed by atoms with Crippen LogP contribution in [0, 0.1) is 11.6 Å². The molecule has 4 nitrogen and oxygen atoms in total. The largest absolute Gasteiger partial charge is 0.480 e. The van der Waals surface area contributed by atoms with Crippen molar-refractivity contribution in [1.82, 2.24) is 15.5 Å². The van der Waals surface area contributed by atoms with Gasteiger partial charge in [0.25, 0.3) is 0 Å². The van der Waals surface area contributed by atoms with Gasteiger partial charge in [0, 0.05) is 6.07 Å². The van der Waals surface area contributed by atoms with Crippen LogP contribution in [0.1, 0.15) is 24.2 Å². The van der Waals surface area contributed by atoms with E-state index in [1.165, 1.54) is 13.2 Å². The van der Waals surface area contributed by atoms with Crippen LogP contribution in [0.5, 0.6) is 5.88 Å². The van der Waals surface area contributed by atoms with Crippen molar-refractivity contribution in [3.63, 3.8) is 0 Å². The molecule has 1 aromatic carbocycles. The molecule has 0 saturated carbocycles. The van der Waals surface area contributed by atoms with Gasteiger partial charge in [0.15, 0.2) is 0 Å². The number of nitrogens with zero attached hydrogens (tertiary/aromatic N) is 2. The Morgan fingerprint density at radius 2 is 2.00 bits per heavy atom. The highest BCUT2D eigenvalue weighted by Gasteiger charge is 2.16. The van der Waals surface area contributed by atoms with Crippen molar-refractivity contribution >= 4 is 0 Å². The lowest BCUT2D eigenvalue weighted by molar-refractivity contribution is 0.389. The third kappa shape index (κ3) is 3.95. The molecule has 0 aliphatic rings. The minimum absolute atomic E-state index is 0.246. The number of benzene rings is 1. The molecule has 1 atom stereocenters. The fourth-order valence-electron chi connectivity index (χ4n) is 2.07. The van der Waals surface area contributed by atoms with E-state index >= 15 is 0 Å². The minimum atomic E-state index is -0.456. The lowest BCUT2D eigenvalue weighted by atomic mass is 10.0. The zero-order valence-corrected chi connectivity index (χ0v) is 11.9. The van der Waals surface area contributed by atoms with Crippen LogP contribution in [-0.4, -0.2) is 23.9 Å². The second kappa shape index (κ2) is 7.08. The third-order valence-electron chi connectivity index (χ3n) is 3.11. The summed E-state index contributed by atoms with van der Waals surface area (Å²) < 4.78 is 32.0. The molecule has 2 rings (SSSR count). The molecule has 0 saturated heterocycles. The van der Waals surface area contributed by atoms with E-state index in [4.69, 9.17) is 4.74 Å². The van der Waals surface area contributed by atoms with Crippen LogP contribution in [0.15, 0.2) is 30.3 Å². The van der Waals surface area contributed by atoms with E-state index in [-0.39, 0.29) is 6.04 Å². The summed E-state index contributed by atoms with van der Waals surface area (Å²) in [5, 5.41) is 11.2. The monoisotopic (exact) mass is 293 g/mol. The van der Waals surface area contributed by atoms with Gasteiger partial charge in [0.2, 0.25) is 5.88 Å². The van der Waals surface area contributed by atoms with Crippen molar-refractivity contribution in [2.75, 3.05) is 13.7 Å². The van der Waals surface area contributed by atoms with E-state index in [9.17, 15) is 8.78 Å². The highest BCUT2D eigenvalue weighted by Crippen LogP contribution is 2.20. The Bertz CT molecular complexity index is 590. The second-order valence-electron chi connectivity index (χ2n) is 4.55.